The fourth-order valence-corrected chi connectivity index (χ4v) is 4.30. The molecule has 1 aromatic carbocycles. The zero-order valence-electron chi connectivity index (χ0n) is 16.5. The highest BCUT2D eigenvalue weighted by Crippen LogP contribution is 2.39. The van der Waals surface area contributed by atoms with Crippen LogP contribution < -0.4 is 10.2 Å². The van der Waals surface area contributed by atoms with E-state index >= 15 is 0 Å². The fourth-order valence-electron chi connectivity index (χ4n) is 4.30. The second-order valence-electron chi connectivity index (χ2n) is 8.12. The Morgan fingerprint density at radius 1 is 1.17 bits per heavy atom. The molecule has 1 aliphatic heterocycles. The lowest BCUT2D eigenvalue weighted by Gasteiger charge is -2.23. The normalized spacial score (nSPS) is 18.1. The predicted octanol–water partition coefficient (Wildman–Crippen LogP) is 2.49. The van der Waals surface area contributed by atoms with Crippen LogP contribution in [0.25, 0.3) is 5.69 Å². The number of hydrogen-bond donors (Lipinski definition) is 2. The molecular weight excluding hydrogens is 364 g/mol. The zero-order chi connectivity index (χ0) is 19.6. The number of carbonyl (C=O) groups is 1. The second kappa shape index (κ2) is 7.87. The van der Waals surface area contributed by atoms with Crippen LogP contribution in [0, 0.1) is 0 Å². The van der Waals surface area contributed by atoms with E-state index in [0.29, 0.717) is 18.2 Å². The summed E-state index contributed by atoms with van der Waals surface area (Å²) in [5, 5.41) is 7.92. The molecule has 6 nitrogen and oxygen atoms in total. The molecule has 1 saturated heterocycles. The molecule has 2 N–H and O–H groups in total. The maximum atomic E-state index is 13.2. The van der Waals surface area contributed by atoms with Gasteiger partial charge < -0.3 is 14.6 Å². The van der Waals surface area contributed by atoms with Gasteiger partial charge in [-0.1, -0.05) is 18.2 Å². The van der Waals surface area contributed by atoms with Gasteiger partial charge in [-0.15, -0.1) is 0 Å². The Labute approximate surface area is 170 Å². The molecule has 1 amide bonds. The van der Waals surface area contributed by atoms with Gasteiger partial charge in [-0.05, 0) is 43.2 Å². The van der Waals surface area contributed by atoms with Crippen molar-refractivity contribution in [1.29, 1.82) is 0 Å². The quantitative estimate of drug-likeness (QED) is 0.650. The SMILES string of the molecule is O=C(NC[C@@H](c1ccco1)[NH+]1CCCC1)c1cc(C2CC2)nn1-c1ccccc1. The van der Waals surface area contributed by atoms with E-state index in [-0.39, 0.29) is 11.9 Å². The maximum Gasteiger partial charge on any atom is 0.270 e. The lowest BCUT2D eigenvalue weighted by molar-refractivity contribution is -0.919. The number of furan rings is 1. The Kier molecular flexibility index (Phi) is 4.94. The van der Waals surface area contributed by atoms with Crippen LogP contribution in [0.15, 0.2) is 59.2 Å². The maximum absolute atomic E-state index is 13.2. The molecule has 0 unspecified atom stereocenters. The van der Waals surface area contributed by atoms with Crippen molar-refractivity contribution in [2.24, 2.45) is 0 Å². The monoisotopic (exact) mass is 391 g/mol. The minimum absolute atomic E-state index is 0.0802. The van der Waals surface area contributed by atoms with E-state index in [2.05, 4.69) is 5.32 Å². The molecular formula is C23H27N4O2+. The van der Waals surface area contributed by atoms with Crippen LogP contribution in [-0.2, 0) is 0 Å². The standard InChI is InChI=1S/C23H26N4O2/c28-23(24-16-21(22-9-6-14-29-22)26-12-4-5-13-26)20-15-19(17-10-11-17)25-27(20)18-7-2-1-3-8-18/h1-3,6-9,14-15,17,21H,4-5,10-13,16H2,(H,24,28)/p+1/t21-/m0/s1. The average molecular weight is 391 g/mol. The van der Waals surface area contributed by atoms with Crippen molar-refractivity contribution in [3.63, 3.8) is 0 Å². The van der Waals surface area contributed by atoms with Crippen LogP contribution in [0.4, 0.5) is 0 Å². The number of hydrogen-bond acceptors (Lipinski definition) is 3. The van der Waals surface area contributed by atoms with Crippen molar-refractivity contribution in [3.8, 4) is 5.69 Å². The van der Waals surface area contributed by atoms with E-state index in [4.69, 9.17) is 9.52 Å². The van der Waals surface area contributed by atoms with Crippen molar-refractivity contribution < 1.29 is 14.1 Å². The third-order valence-electron chi connectivity index (χ3n) is 6.05. The predicted molar refractivity (Wildman–Crippen MR) is 109 cm³/mol. The summed E-state index contributed by atoms with van der Waals surface area (Å²) in [6.45, 7) is 2.80. The Morgan fingerprint density at radius 3 is 2.66 bits per heavy atom. The van der Waals surface area contributed by atoms with Gasteiger partial charge in [-0.3, -0.25) is 4.79 Å². The first-order chi connectivity index (χ1) is 14.3. The molecule has 1 atom stereocenters. The molecule has 2 fully saturated rings. The Morgan fingerprint density at radius 2 is 1.97 bits per heavy atom. The highest BCUT2D eigenvalue weighted by molar-refractivity contribution is 5.93. The smallest absolute Gasteiger partial charge is 0.270 e. The van der Waals surface area contributed by atoms with E-state index in [9.17, 15) is 4.79 Å². The van der Waals surface area contributed by atoms with Crippen molar-refractivity contribution >= 4 is 5.91 Å². The molecule has 1 saturated carbocycles. The summed E-state index contributed by atoms with van der Waals surface area (Å²) in [6, 6.07) is 15.9. The summed E-state index contributed by atoms with van der Waals surface area (Å²) in [4.78, 5) is 14.7. The molecule has 150 valence electrons. The van der Waals surface area contributed by atoms with Gasteiger partial charge in [0.1, 0.15) is 5.69 Å². The third kappa shape index (κ3) is 3.85. The third-order valence-corrected chi connectivity index (χ3v) is 6.05. The van der Waals surface area contributed by atoms with Crippen molar-refractivity contribution in [1.82, 2.24) is 15.1 Å². The molecule has 29 heavy (non-hydrogen) atoms. The molecule has 6 heteroatoms. The number of para-hydroxylation sites is 1. The van der Waals surface area contributed by atoms with Gasteiger partial charge >= 0.3 is 0 Å². The molecule has 0 bridgehead atoms. The van der Waals surface area contributed by atoms with E-state index in [1.165, 1.54) is 17.7 Å². The van der Waals surface area contributed by atoms with Crippen LogP contribution in [-0.4, -0.2) is 35.3 Å². The molecule has 0 spiro atoms. The summed E-state index contributed by atoms with van der Waals surface area (Å²) in [7, 11) is 0. The fraction of sp³-hybridized carbons (Fsp3) is 0.391. The van der Waals surface area contributed by atoms with Gasteiger partial charge in [0, 0.05) is 18.8 Å². The molecule has 3 heterocycles. The molecule has 5 rings (SSSR count). The van der Waals surface area contributed by atoms with Gasteiger partial charge in [0.25, 0.3) is 5.91 Å². The first-order valence-electron chi connectivity index (χ1n) is 10.6. The van der Waals surface area contributed by atoms with Crippen LogP contribution in [0.1, 0.15) is 59.6 Å². The number of rotatable bonds is 7. The van der Waals surface area contributed by atoms with Crippen molar-refractivity contribution in [3.05, 3.63) is 71.9 Å². The lowest BCUT2D eigenvalue weighted by atomic mass is 10.2. The summed E-state index contributed by atoms with van der Waals surface area (Å²) >= 11 is 0. The second-order valence-corrected chi connectivity index (χ2v) is 8.12. The highest BCUT2D eigenvalue weighted by atomic mass is 16.3. The number of likely N-dealkylation sites (tertiary alicyclic amines) is 1. The zero-order valence-corrected chi connectivity index (χ0v) is 16.5. The highest BCUT2D eigenvalue weighted by Gasteiger charge is 2.32. The minimum atomic E-state index is -0.0802. The Balaban J connectivity index is 1.37. The summed E-state index contributed by atoms with van der Waals surface area (Å²) in [6.07, 6.45) is 6.49. The molecule has 1 aliphatic carbocycles. The van der Waals surface area contributed by atoms with E-state index < -0.39 is 0 Å². The number of benzene rings is 1. The minimum Gasteiger partial charge on any atom is -0.463 e. The summed E-state index contributed by atoms with van der Waals surface area (Å²) in [5.74, 6) is 1.36. The summed E-state index contributed by atoms with van der Waals surface area (Å²) < 4.78 is 7.48. The van der Waals surface area contributed by atoms with Crippen molar-refractivity contribution in [2.75, 3.05) is 19.6 Å². The average Bonchev–Trinajstić information content (AvgIpc) is 3.19. The molecule has 0 radical (unpaired) electrons. The largest absolute Gasteiger partial charge is 0.463 e. The first-order valence-corrected chi connectivity index (χ1v) is 10.6. The van der Waals surface area contributed by atoms with Gasteiger partial charge in [-0.2, -0.15) is 5.10 Å². The van der Waals surface area contributed by atoms with E-state index in [1.807, 2.05) is 48.5 Å². The van der Waals surface area contributed by atoms with Gasteiger partial charge in [-0.25, -0.2) is 4.68 Å². The van der Waals surface area contributed by atoms with Crippen molar-refractivity contribution in [2.45, 2.75) is 37.6 Å². The number of quaternary nitrogens is 1. The van der Waals surface area contributed by atoms with Crippen LogP contribution >= 0.6 is 0 Å². The van der Waals surface area contributed by atoms with E-state index in [0.717, 1.165) is 43.1 Å². The van der Waals surface area contributed by atoms with Crippen LogP contribution in [0.3, 0.4) is 0 Å². The number of amides is 1. The Bertz CT molecular complexity index is 954. The number of nitrogens with one attached hydrogen (secondary N) is 2. The van der Waals surface area contributed by atoms with E-state index in [1.54, 1.807) is 10.9 Å². The van der Waals surface area contributed by atoms with Crippen LogP contribution in [0.2, 0.25) is 0 Å². The Hall–Kier alpha value is -2.86. The molecule has 2 aliphatic rings. The van der Waals surface area contributed by atoms with Gasteiger partial charge in [0.2, 0.25) is 0 Å². The topological polar surface area (TPSA) is 64.5 Å². The van der Waals surface area contributed by atoms with Gasteiger partial charge in [0.15, 0.2) is 11.8 Å². The van der Waals surface area contributed by atoms with Gasteiger partial charge in [0.05, 0.1) is 37.3 Å². The number of aromatic nitrogens is 2. The lowest BCUT2D eigenvalue weighted by Crippen LogP contribution is -3.11. The number of nitrogens with zero attached hydrogens (tertiary/aromatic N) is 2. The summed E-state index contributed by atoms with van der Waals surface area (Å²) in [5.41, 5.74) is 2.54. The molecule has 3 aromatic rings. The molecule has 2 aromatic heterocycles. The first kappa shape index (κ1) is 18.2. The number of carbonyl (C=O) groups excluding carboxylic acids is 1. The van der Waals surface area contributed by atoms with Crippen LogP contribution in [0.5, 0.6) is 0 Å².